The third kappa shape index (κ3) is 3.30. The maximum atomic E-state index is 12.3. The molecule has 0 N–H and O–H groups in total. The van der Waals surface area contributed by atoms with Crippen LogP contribution in [0.3, 0.4) is 0 Å². The van der Waals surface area contributed by atoms with E-state index in [1.54, 1.807) is 0 Å². The number of hydrogen-bond donors (Lipinski definition) is 0. The van der Waals surface area contributed by atoms with E-state index in [0.717, 1.165) is 12.5 Å². The standard InChI is InChI=1S/C9H15FO/c1-5-9(3,4)8(11)6-7(2)10/h6H,5H2,1-4H3/b7-6-. The molecule has 0 aliphatic carbocycles. The predicted molar refractivity (Wildman–Crippen MR) is 43.9 cm³/mol. The van der Waals surface area contributed by atoms with Gasteiger partial charge in [-0.05, 0) is 13.3 Å². The summed E-state index contributed by atoms with van der Waals surface area (Å²) in [7, 11) is 0. The molecule has 0 aliphatic heterocycles. The maximum Gasteiger partial charge on any atom is 0.163 e. The summed E-state index contributed by atoms with van der Waals surface area (Å²) in [5, 5.41) is 0. The Morgan fingerprint density at radius 3 is 2.27 bits per heavy atom. The molecule has 0 saturated heterocycles. The molecule has 0 rings (SSSR count). The molecule has 11 heavy (non-hydrogen) atoms. The third-order valence-electron chi connectivity index (χ3n) is 1.88. The number of carbonyl (C=O) groups is 1. The highest BCUT2D eigenvalue weighted by molar-refractivity contribution is 5.94. The van der Waals surface area contributed by atoms with Crippen molar-refractivity contribution in [1.82, 2.24) is 0 Å². The fourth-order valence-corrected chi connectivity index (χ4v) is 0.550. The lowest BCUT2D eigenvalue weighted by molar-refractivity contribution is -0.122. The van der Waals surface area contributed by atoms with E-state index in [-0.39, 0.29) is 5.78 Å². The Balaban J connectivity index is 4.37. The zero-order valence-corrected chi connectivity index (χ0v) is 7.57. The van der Waals surface area contributed by atoms with Gasteiger partial charge in [-0.25, -0.2) is 4.39 Å². The van der Waals surface area contributed by atoms with Crippen molar-refractivity contribution in [1.29, 1.82) is 0 Å². The summed E-state index contributed by atoms with van der Waals surface area (Å²) >= 11 is 0. The van der Waals surface area contributed by atoms with Crippen LogP contribution in [-0.4, -0.2) is 5.78 Å². The fourth-order valence-electron chi connectivity index (χ4n) is 0.550. The first-order valence-electron chi connectivity index (χ1n) is 3.78. The van der Waals surface area contributed by atoms with Gasteiger partial charge in [-0.15, -0.1) is 0 Å². The average molecular weight is 158 g/mol. The summed E-state index contributed by atoms with van der Waals surface area (Å²) < 4.78 is 12.3. The molecule has 0 amide bonds. The Bertz CT molecular complexity index is 176. The molecule has 0 saturated carbocycles. The van der Waals surface area contributed by atoms with Crippen LogP contribution in [0.2, 0.25) is 0 Å². The van der Waals surface area contributed by atoms with Gasteiger partial charge >= 0.3 is 0 Å². The third-order valence-corrected chi connectivity index (χ3v) is 1.88. The molecular weight excluding hydrogens is 143 g/mol. The summed E-state index contributed by atoms with van der Waals surface area (Å²) in [5.74, 6) is -0.559. The van der Waals surface area contributed by atoms with Crippen molar-refractivity contribution >= 4 is 5.78 Å². The Morgan fingerprint density at radius 1 is 1.55 bits per heavy atom. The molecule has 0 fully saturated rings. The Hall–Kier alpha value is -0.660. The monoisotopic (exact) mass is 158 g/mol. The lowest BCUT2D eigenvalue weighted by Gasteiger charge is -2.17. The molecule has 0 aromatic heterocycles. The van der Waals surface area contributed by atoms with Gasteiger partial charge in [0, 0.05) is 11.5 Å². The van der Waals surface area contributed by atoms with E-state index in [2.05, 4.69) is 0 Å². The molecule has 0 unspecified atom stereocenters. The molecule has 2 heteroatoms. The normalized spacial score (nSPS) is 13.4. The van der Waals surface area contributed by atoms with Crippen molar-refractivity contribution in [2.75, 3.05) is 0 Å². The van der Waals surface area contributed by atoms with Gasteiger partial charge in [0.05, 0.1) is 0 Å². The van der Waals surface area contributed by atoms with Crippen LogP contribution in [0, 0.1) is 5.41 Å². The van der Waals surface area contributed by atoms with Gasteiger partial charge in [0.2, 0.25) is 0 Å². The van der Waals surface area contributed by atoms with Crippen molar-refractivity contribution in [3.8, 4) is 0 Å². The summed E-state index contributed by atoms with van der Waals surface area (Å²) in [4.78, 5) is 11.2. The molecule has 1 nitrogen and oxygen atoms in total. The smallest absolute Gasteiger partial charge is 0.163 e. The summed E-state index contributed by atoms with van der Waals surface area (Å²) in [5.41, 5.74) is -0.423. The van der Waals surface area contributed by atoms with Crippen molar-refractivity contribution < 1.29 is 9.18 Å². The van der Waals surface area contributed by atoms with Crippen molar-refractivity contribution in [2.24, 2.45) is 5.41 Å². The lowest BCUT2D eigenvalue weighted by atomic mass is 9.85. The Morgan fingerprint density at radius 2 is 2.00 bits per heavy atom. The highest BCUT2D eigenvalue weighted by Gasteiger charge is 2.22. The topological polar surface area (TPSA) is 17.1 Å². The second-order valence-electron chi connectivity index (χ2n) is 3.33. The van der Waals surface area contributed by atoms with E-state index in [4.69, 9.17) is 0 Å². The SMILES string of the molecule is CCC(C)(C)C(=O)/C=C(/C)F. The number of rotatable bonds is 3. The second-order valence-corrected chi connectivity index (χ2v) is 3.33. The van der Waals surface area contributed by atoms with Crippen LogP contribution in [0.5, 0.6) is 0 Å². The highest BCUT2D eigenvalue weighted by Crippen LogP contribution is 2.22. The molecular formula is C9H15FO. The van der Waals surface area contributed by atoms with Crippen LogP contribution in [0.1, 0.15) is 34.1 Å². The second kappa shape index (κ2) is 3.65. The summed E-state index contributed by atoms with van der Waals surface area (Å²) in [6.45, 7) is 6.83. The van der Waals surface area contributed by atoms with Crippen LogP contribution in [-0.2, 0) is 4.79 Å². The quantitative estimate of drug-likeness (QED) is 0.577. The maximum absolute atomic E-state index is 12.3. The molecule has 0 aliphatic rings. The molecule has 0 aromatic carbocycles. The van der Waals surface area contributed by atoms with Crippen molar-refractivity contribution in [3.63, 3.8) is 0 Å². The van der Waals surface area contributed by atoms with Crippen molar-refractivity contribution in [2.45, 2.75) is 34.1 Å². The van der Waals surface area contributed by atoms with Crippen LogP contribution >= 0.6 is 0 Å². The molecule has 0 radical (unpaired) electrons. The number of halogens is 1. The zero-order chi connectivity index (χ0) is 9.07. The van der Waals surface area contributed by atoms with E-state index in [1.807, 2.05) is 20.8 Å². The Labute approximate surface area is 67.3 Å². The molecule has 0 spiro atoms. The average Bonchev–Trinajstić information content (AvgIpc) is 1.86. The lowest BCUT2D eigenvalue weighted by Crippen LogP contribution is -2.21. The first-order valence-corrected chi connectivity index (χ1v) is 3.78. The highest BCUT2D eigenvalue weighted by atomic mass is 19.1. The number of allylic oxidation sites excluding steroid dienone is 2. The Kier molecular flexibility index (Phi) is 3.43. The van der Waals surface area contributed by atoms with Gasteiger partial charge in [-0.2, -0.15) is 0 Å². The molecule has 0 heterocycles. The van der Waals surface area contributed by atoms with Crippen LogP contribution in [0.15, 0.2) is 11.9 Å². The van der Waals surface area contributed by atoms with E-state index in [1.165, 1.54) is 6.92 Å². The number of carbonyl (C=O) groups excluding carboxylic acids is 1. The summed E-state index contributed by atoms with van der Waals surface area (Å²) in [6, 6.07) is 0. The largest absolute Gasteiger partial charge is 0.294 e. The minimum Gasteiger partial charge on any atom is -0.294 e. The predicted octanol–water partition coefficient (Wildman–Crippen LogP) is 2.87. The van der Waals surface area contributed by atoms with E-state index >= 15 is 0 Å². The first kappa shape index (κ1) is 10.3. The number of hydrogen-bond acceptors (Lipinski definition) is 1. The van der Waals surface area contributed by atoms with E-state index in [9.17, 15) is 9.18 Å². The molecule has 0 aromatic rings. The minimum absolute atomic E-state index is 0.139. The zero-order valence-electron chi connectivity index (χ0n) is 7.57. The minimum atomic E-state index is -0.423. The van der Waals surface area contributed by atoms with Gasteiger partial charge in [0.25, 0.3) is 0 Å². The van der Waals surface area contributed by atoms with Gasteiger partial charge in [0.15, 0.2) is 5.78 Å². The first-order chi connectivity index (χ1) is 4.90. The van der Waals surface area contributed by atoms with Crippen LogP contribution in [0.4, 0.5) is 4.39 Å². The van der Waals surface area contributed by atoms with E-state index in [0.29, 0.717) is 0 Å². The van der Waals surface area contributed by atoms with Crippen LogP contribution < -0.4 is 0 Å². The van der Waals surface area contributed by atoms with E-state index < -0.39 is 11.2 Å². The summed E-state index contributed by atoms with van der Waals surface area (Å²) in [6.07, 6.45) is 1.79. The molecule has 0 atom stereocenters. The van der Waals surface area contributed by atoms with Gasteiger partial charge < -0.3 is 0 Å². The molecule has 0 bridgehead atoms. The molecule has 64 valence electrons. The van der Waals surface area contributed by atoms with Crippen molar-refractivity contribution in [3.05, 3.63) is 11.9 Å². The van der Waals surface area contributed by atoms with Gasteiger partial charge in [-0.1, -0.05) is 20.8 Å². The van der Waals surface area contributed by atoms with Crippen LogP contribution in [0.25, 0.3) is 0 Å². The van der Waals surface area contributed by atoms with Gasteiger partial charge in [0.1, 0.15) is 5.83 Å². The fraction of sp³-hybridized carbons (Fsp3) is 0.667. The van der Waals surface area contributed by atoms with Gasteiger partial charge in [-0.3, -0.25) is 4.79 Å². The number of ketones is 1.